The van der Waals surface area contributed by atoms with E-state index >= 15 is 0 Å². The molecule has 0 fully saturated rings. The van der Waals surface area contributed by atoms with Crippen LogP contribution in [0.3, 0.4) is 0 Å². The van der Waals surface area contributed by atoms with E-state index in [1.165, 1.54) is 24.3 Å². The molecule has 0 heterocycles. The van der Waals surface area contributed by atoms with Crippen LogP contribution in [0.1, 0.15) is 10.4 Å². The Morgan fingerprint density at radius 3 is 2.10 bits per heavy atom. The predicted molar refractivity (Wildman–Crippen MR) is 35.1 cm³/mol. The van der Waals surface area contributed by atoms with Crippen molar-refractivity contribution < 1.29 is 15.0 Å². The van der Waals surface area contributed by atoms with E-state index in [0.717, 1.165) is 0 Å². The van der Waals surface area contributed by atoms with Gasteiger partial charge in [-0.3, -0.25) is 0 Å². The molecule has 3 nitrogen and oxygen atoms in total. The maximum absolute atomic E-state index is 10.2. The Labute approximate surface area is 57.5 Å². The second-order valence-corrected chi connectivity index (χ2v) is 1.85. The van der Waals surface area contributed by atoms with Crippen molar-refractivity contribution in [1.29, 1.82) is 0 Å². The molecule has 3 heteroatoms. The molecule has 0 atom stereocenters. The Bertz CT molecular complexity index is 238. The molecule has 0 aliphatic carbocycles. The standard InChI is InChI=1S/C7H6O3/c8-6-3-1-5(2-4-6)7(9)10/h1-4,8H,(H,9,10)/i7+1. The molecule has 1 aromatic carbocycles. The molecule has 0 amide bonds. The highest BCUT2D eigenvalue weighted by Gasteiger charge is 1.99. The van der Waals surface area contributed by atoms with Crippen molar-refractivity contribution in [2.75, 3.05) is 0 Å². The van der Waals surface area contributed by atoms with Crippen LogP contribution in [0.4, 0.5) is 0 Å². The Balaban J connectivity index is 3.00. The van der Waals surface area contributed by atoms with Gasteiger partial charge in [0.15, 0.2) is 0 Å². The average Bonchev–Trinajstić information content (AvgIpc) is 1.88. The maximum atomic E-state index is 10.2. The summed E-state index contributed by atoms with van der Waals surface area (Å²) in [6.45, 7) is 0. The van der Waals surface area contributed by atoms with Crippen LogP contribution in [-0.4, -0.2) is 16.2 Å². The number of carboxylic acid groups (broad SMARTS) is 1. The third-order valence-corrected chi connectivity index (χ3v) is 1.11. The second-order valence-electron chi connectivity index (χ2n) is 1.85. The van der Waals surface area contributed by atoms with E-state index in [1.807, 2.05) is 0 Å². The van der Waals surface area contributed by atoms with E-state index in [0.29, 0.717) is 0 Å². The van der Waals surface area contributed by atoms with Crippen LogP contribution in [0.25, 0.3) is 0 Å². The minimum absolute atomic E-state index is 0.0741. The Hall–Kier alpha value is -1.51. The molecule has 0 bridgehead atoms. The first-order valence-electron chi connectivity index (χ1n) is 2.72. The van der Waals surface area contributed by atoms with Crippen molar-refractivity contribution >= 4 is 5.97 Å². The van der Waals surface area contributed by atoms with Crippen LogP contribution in [-0.2, 0) is 0 Å². The molecular formula is C7H6O3. The monoisotopic (exact) mass is 139 g/mol. The highest BCUT2D eigenvalue weighted by Crippen LogP contribution is 2.08. The summed E-state index contributed by atoms with van der Waals surface area (Å²) in [7, 11) is 0. The average molecular weight is 139 g/mol. The summed E-state index contributed by atoms with van der Waals surface area (Å²) in [5, 5.41) is 17.1. The van der Waals surface area contributed by atoms with Crippen LogP contribution >= 0.6 is 0 Å². The fourth-order valence-electron chi connectivity index (χ4n) is 0.604. The zero-order valence-corrected chi connectivity index (χ0v) is 5.11. The lowest BCUT2D eigenvalue weighted by Crippen LogP contribution is -1.93. The van der Waals surface area contributed by atoms with Gasteiger partial charge in [-0.1, -0.05) is 0 Å². The number of phenols is 1. The van der Waals surface area contributed by atoms with Gasteiger partial charge in [0.2, 0.25) is 0 Å². The van der Waals surface area contributed by atoms with Crippen molar-refractivity contribution in [2.24, 2.45) is 0 Å². The van der Waals surface area contributed by atoms with Gasteiger partial charge in [0.25, 0.3) is 0 Å². The van der Waals surface area contributed by atoms with E-state index < -0.39 is 5.97 Å². The summed E-state index contributed by atoms with van der Waals surface area (Å²) in [5.74, 6) is -0.912. The van der Waals surface area contributed by atoms with Crippen LogP contribution < -0.4 is 0 Å². The van der Waals surface area contributed by atoms with Crippen LogP contribution in [0.15, 0.2) is 24.3 Å². The third-order valence-electron chi connectivity index (χ3n) is 1.11. The van der Waals surface area contributed by atoms with Gasteiger partial charge in [-0.25, -0.2) is 4.79 Å². The topological polar surface area (TPSA) is 57.5 Å². The highest BCUT2D eigenvalue weighted by molar-refractivity contribution is 5.87. The molecule has 0 spiro atoms. The summed E-state index contributed by atoms with van der Waals surface area (Å²) in [6.07, 6.45) is 0. The molecule has 2 N–H and O–H groups in total. The summed E-state index contributed by atoms with van der Waals surface area (Å²) >= 11 is 0. The van der Waals surface area contributed by atoms with Gasteiger partial charge in [-0.05, 0) is 24.3 Å². The number of phenolic OH excluding ortho intramolecular Hbond substituents is 1. The maximum Gasteiger partial charge on any atom is 0.335 e. The fraction of sp³-hybridized carbons (Fsp3) is 0. The predicted octanol–water partition coefficient (Wildman–Crippen LogP) is 1.09. The second kappa shape index (κ2) is 2.39. The molecule has 10 heavy (non-hydrogen) atoms. The Morgan fingerprint density at radius 2 is 1.70 bits per heavy atom. The number of carbonyl (C=O) groups is 1. The lowest BCUT2D eigenvalue weighted by atomic mass is 10.3. The summed E-state index contributed by atoms with van der Waals surface area (Å²) < 4.78 is 0. The zero-order valence-electron chi connectivity index (χ0n) is 5.11. The number of hydrogen-bond acceptors (Lipinski definition) is 2. The number of rotatable bonds is 1. The number of aromatic hydroxyl groups is 1. The van der Waals surface area contributed by atoms with E-state index in [4.69, 9.17) is 10.2 Å². The van der Waals surface area contributed by atoms with Crippen molar-refractivity contribution in [2.45, 2.75) is 0 Å². The molecule has 0 aliphatic heterocycles. The number of carboxylic acids is 1. The quantitative estimate of drug-likeness (QED) is 0.572. The fourth-order valence-corrected chi connectivity index (χ4v) is 0.604. The molecule has 0 unspecified atom stereocenters. The third kappa shape index (κ3) is 1.25. The van der Waals surface area contributed by atoms with E-state index in [-0.39, 0.29) is 11.3 Å². The van der Waals surface area contributed by atoms with Crippen LogP contribution in [0, 0.1) is 0 Å². The minimum atomic E-state index is -0.986. The molecule has 0 saturated heterocycles. The number of benzene rings is 1. The van der Waals surface area contributed by atoms with Gasteiger partial charge in [-0.15, -0.1) is 0 Å². The molecule has 0 aliphatic rings. The molecule has 52 valence electrons. The van der Waals surface area contributed by atoms with Crippen molar-refractivity contribution in [1.82, 2.24) is 0 Å². The van der Waals surface area contributed by atoms with Gasteiger partial charge in [-0.2, -0.15) is 0 Å². The van der Waals surface area contributed by atoms with E-state index in [2.05, 4.69) is 0 Å². The Morgan fingerprint density at radius 1 is 1.20 bits per heavy atom. The smallest absolute Gasteiger partial charge is 0.335 e. The van der Waals surface area contributed by atoms with Gasteiger partial charge >= 0.3 is 5.97 Å². The van der Waals surface area contributed by atoms with E-state index in [9.17, 15) is 4.79 Å². The molecule has 1 aromatic rings. The molecular weight excluding hydrogens is 133 g/mol. The molecule has 0 saturated carbocycles. The molecule has 0 radical (unpaired) electrons. The lowest BCUT2D eigenvalue weighted by molar-refractivity contribution is 0.0697. The van der Waals surface area contributed by atoms with Gasteiger partial charge < -0.3 is 10.2 Å². The van der Waals surface area contributed by atoms with Gasteiger partial charge in [0.1, 0.15) is 5.75 Å². The SMILES string of the molecule is O=[13C](O)c1ccc(O)cc1. The van der Waals surface area contributed by atoms with Crippen LogP contribution in [0.2, 0.25) is 0 Å². The zero-order chi connectivity index (χ0) is 7.56. The first-order chi connectivity index (χ1) is 4.70. The van der Waals surface area contributed by atoms with Crippen molar-refractivity contribution in [3.8, 4) is 5.75 Å². The lowest BCUT2D eigenvalue weighted by Gasteiger charge is -1.92. The largest absolute Gasteiger partial charge is 0.508 e. The highest BCUT2D eigenvalue weighted by atomic mass is 16.5. The number of hydrogen-bond donors (Lipinski definition) is 2. The molecule has 0 aromatic heterocycles. The summed E-state index contributed by atoms with van der Waals surface area (Å²) in [5.41, 5.74) is 0.179. The summed E-state index contributed by atoms with van der Waals surface area (Å²) in [6, 6.07) is 5.36. The van der Waals surface area contributed by atoms with Crippen LogP contribution in [0.5, 0.6) is 5.75 Å². The first kappa shape index (κ1) is 6.61. The minimum Gasteiger partial charge on any atom is -0.508 e. The van der Waals surface area contributed by atoms with Crippen molar-refractivity contribution in [3.63, 3.8) is 0 Å². The molecule has 1 rings (SSSR count). The Kier molecular flexibility index (Phi) is 1.58. The summed E-state index contributed by atoms with van der Waals surface area (Å²) in [4.78, 5) is 10.2. The van der Waals surface area contributed by atoms with Gasteiger partial charge in [0, 0.05) is 0 Å². The number of aromatic carboxylic acids is 1. The van der Waals surface area contributed by atoms with Crippen molar-refractivity contribution in [3.05, 3.63) is 29.8 Å². The first-order valence-corrected chi connectivity index (χ1v) is 2.72. The normalized spacial score (nSPS) is 9.20. The van der Waals surface area contributed by atoms with Gasteiger partial charge in [0.05, 0.1) is 5.56 Å². The van der Waals surface area contributed by atoms with E-state index in [1.54, 1.807) is 0 Å².